The number of nitrogens with one attached hydrogen (secondary N) is 3. The molecule has 0 saturated carbocycles. The van der Waals surface area contributed by atoms with Crippen molar-refractivity contribution in [3.05, 3.63) is 89.1 Å². The zero-order chi connectivity index (χ0) is 21.2. The third-order valence-electron chi connectivity index (χ3n) is 4.71. The molecule has 5 rings (SSSR count). The molecule has 31 heavy (non-hydrogen) atoms. The first-order valence-corrected chi connectivity index (χ1v) is 9.42. The van der Waals surface area contributed by atoms with Crippen LogP contribution in [0.2, 0.25) is 0 Å². The van der Waals surface area contributed by atoms with Crippen LogP contribution in [0.1, 0.15) is 10.6 Å². The number of hydrogen-bond donors (Lipinski definition) is 3. The van der Waals surface area contributed by atoms with Gasteiger partial charge >= 0.3 is 0 Å². The van der Waals surface area contributed by atoms with Crippen molar-refractivity contribution in [1.29, 1.82) is 0 Å². The highest BCUT2D eigenvalue weighted by Crippen LogP contribution is 2.25. The van der Waals surface area contributed by atoms with Gasteiger partial charge in [0.25, 0.3) is 11.5 Å². The Morgan fingerprint density at radius 2 is 1.61 bits per heavy atom. The van der Waals surface area contributed by atoms with Crippen LogP contribution in [-0.4, -0.2) is 36.3 Å². The minimum Gasteiger partial charge on any atom is -0.319 e. The van der Waals surface area contributed by atoms with E-state index in [4.69, 9.17) is 0 Å². The van der Waals surface area contributed by atoms with Gasteiger partial charge in [-0.05, 0) is 30.3 Å². The molecule has 0 radical (unpaired) electrons. The Balaban J connectivity index is 1.37. The molecule has 1 amide bonds. The monoisotopic (exact) mass is 409 g/mol. The van der Waals surface area contributed by atoms with Gasteiger partial charge in [-0.15, -0.1) is 5.10 Å². The molecule has 3 N–H and O–H groups in total. The Labute approximate surface area is 175 Å². The Hall–Kier alpha value is -4.66. The van der Waals surface area contributed by atoms with E-state index in [1.807, 2.05) is 36.4 Å². The molecule has 0 aliphatic rings. The Kier molecular flexibility index (Phi) is 4.53. The van der Waals surface area contributed by atoms with Crippen LogP contribution in [0.4, 0.5) is 5.69 Å². The topological polar surface area (TPSA) is 129 Å². The quantitative estimate of drug-likeness (QED) is 0.418. The maximum atomic E-state index is 12.5. The fourth-order valence-corrected chi connectivity index (χ4v) is 3.21. The number of anilines is 1. The van der Waals surface area contributed by atoms with E-state index in [0.29, 0.717) is 28.3 Å². The van der Waals surface area contributed by atoms with Gasteiger partial charge in [0.2, 0.25) is 5.82 Å². The minimum atomic E-state index is -0.446. The molecule has 3 aromatic heterocycles. The maximum Gasteiger partial charge on any atom is 0.295 e. The van der Waals surface area contributed by atoms with E-state index in [1.165, 1.54) is 0 Å². The molecule has 0 spiro atoms. The van der Waals surface area contributed by atoms with E-state index in [9.17, 15) is 9.59 Å². The van der Waals surface area contributed by atoms with Crippen LogP contribution in [0.25, 0.3) is 33.5 Å². The molecular formula is C22H15N7O2. The molecule has 2 aromatic carbocycles. The van der Waals surface area contributed by atoms with Crippen LogP contribution in [0, 0.1) is 0 Å². The van der Waals surface area contributed by atoms with Gasteiger partial charge in [0.15, 0.2) is 5.82 Å². The SMILES string of the molecule is O=C(Nc1ccc(-c2n[nH]c(=O)c3ccccc23)cc1)c1n[nH]c(-c2ccccn2)n1. The summed E-state index contributed by atoms with van der Waals surface area (Å²) in [5, 5.41) is 17.5. The predicted molar refractivity (Wildman–Crippen MR) is 115 cm³/mol. The van der Waals surface area contributed by atoms with Crippen molar-refractivity contribution in [2.75, 3.05) is 5.32 Å². The van der Waals surface area contributed by atoms with Crippen LogP contribution in [0.3, 0.4) is 0 Å². The normalized spacial score (nSPS) is 10.8. The van der Waals surface area contributed by atoms with Crippen LogP contribution < -0.4 is 10.9 Å². The smallest absolute Gasteiger partial charge is 0.295 e. The second-order valence-corrected chi connectivity index (χ2v) is 6.70. The van der Waals surface area contributed by atoms with E-state index in [2.05, 4.69) is 35.7 Å². The number of fused-ring (bicyclic) bond motifs is 1. The Morgan fingerprint density at radius 1 is 0.839 bits per heavy atom. The van der Waals surface area contributed by atoms with Crippen LogP contribution in [0.5, 0.6) is 0 Å². The number of carbonyl (C=O) groups is 1. The van der Waals surface area contributed by atoms with Crippen LogP contribution in [-0.2, 0) is 0 Å². The summed E-state index contributed by atoms with van der Waals surface area (Å²) < 4.78 is 0. The van der Waals surface area contributed by atoms with Crippen molar-refractivity contribution in [3.63, 3.8) is 0 Å². The maximum absolute atomic E-state index is 12.5. The zero-order valence-electron chi connectivity index (χ0n) is 16.0. The van der Waals surface area contributed by atoms with Crippen molar-refractivity contribution in [2.45, 2.75) is 0 Å². The van der Waals surface area contributed by atoms with Gasteiger partial charge in [-0.25, -0.2) is 10.1 Å². The second-order valence-electron chi connectivity index (χ2n) is 6.70. The molecule has 5 aromatic rings. The number of benzene rings is 2. The van der Waals surface area contributed by atoms with Crippen molar-refractivity contribution >= 4 is 22.4 Å². The molecule has 0 fully saturated rings. The molecule has 9 heteroatoms. The van der Waals surface area contributed by atoms with E-state index >= 15 is 0 Å². The lowest BCUT2D eigenvalue weighted by Crippen LogP contribution is -2.13. The van der Waals surface area contributed by atoms with Crippen molar-refractivity contribution in [2.24, 2.45) is 0 Å². The third kappa shape index (κ3) is 3.55. The summed E-state index contributed by atoms with van der Waals surface area (Å²) in [5.74, 6) is -0.0195. The summed E-state index contributed by atoms with van der Waals surface area (Å²) in [7, 11) is 0. The lowest BCUT2D eigenvalue weighted by atomic mass is 10.0. The van der Waals surface area contributed by atoms with Gasteiger partial charge in [-0.2, -0.15) is 5.10 Å². The summed E-state index contributed by atoms with van der Waals surface area (Å²) in [6.45, 7) is 0. The van der Waals surface area contributed by atoms with Gasteiger partial charge in [0.05, 0.1) is 11.1 Å². The van der Waals surface area contributed by atoms with Crippen LogP contribution >= 0.6 is 0 Å². The minimum absolute atomic E-state index is 0.0121. The predicted octanol–water partition coefficient (Wildman–Crippen LogP) is 3.02. The number of H-pyrrole nitrogens is 2. The van der Waals surface area contributed by atoms with Crippen LogP contribution in [0.15, 0.2) is 77.7 Å². The summed E-state index contributed by atoms with van der Waals surface area (Å²) >= 11 is 0. The first-order chi connectivity index (χ1) is 15.2. The summed E-state index contributed by atoms with van der Waals surface area (Å²) in [6, 6.07) is 19.8. The molecule has 0 unspecified atom stereocenters. The van der Waals surface area contributed by atoms with E-state index in [-0.39, 0.29) is 11.4 Å². The van der Waals surface area contributed by atoms with Gasteiger partial charge in [-0.3, -0.25) is 19.7 Å². The molecule has 3 heterocycles. The average molecular weight is 409 g/mol. The van der Waals surface area contributed by atoms with Crippen molar-refractivity contribution in [3.8, 4) is 22.8 Å². The molecule has 0 bridgehead atoms. The number of aromatic nitrogens is 6. The number of nitrogens with zero attached hydrogens (tertiary/aromatic N) is 4. The van der Waals surface area contributed by atoms with Crippen molar-refractivity contribution in [1.82, 2.24) is 30.4 Å². The van der Waals surface area contributed by atoms with E-state index < -0.39 is 5.91 Å². The Bertz CT molecular complexity index is 1440. The highest BCUT2D eigenvalue weighted by atomic mass is 16.2. The standard InChI is InChI=1S/C22H15N7O2/c30-21-16-6-2-1-5-15(16)18(26-29-21)13-8-10-14(11-9-13)24-22(31)20-25-19(27-28-20)17-7-3-4-12-23-17/h1-12H,(H,24,31)(H,29,30)(H,25,27,28). The van der Waals surface area contributed by atoms with E-state index in [1.54, 1.807) is 36.5 Å². The summed E-state index contributed by atoms with van der Waals surface area (Å²) in [5.41, 5.74) is 2.40. The van der Waals surface area contributed by atoms with Crippen molar-refractivity contribution < 1.29 is 4.79 Å². The lowest BCUT2D eigenvalue weighted by Gasteiger charge is -2.07. The Morgan fingerprint density at radius 3 is 2.39 bits per heavy atom. The molecule has 0 aliphatic carbocycles. The van der Waals surface area contributed by atoms with Gasteiger partial charge in [-0.1, -0.05) is 36.4 Å². The highest BCUT2D eigenvalue weighted by Gasteiger charge is 2.15. The fraction of sp³-hybridized carbons (Fsp3) is 0. The van der Waals surface area contributed by atoms with E-state index in [0.717, 1.165) is 10.9 Å². The fourth-order valence-electron chi connectivity index (χ4n) is 3.21. The summed E-state index contributed by atoms with van der Waals surface area (Å²) in [4.78, 5) is 32.9. The van der Waals surface area contributed by atoms with Gasteiger partial charge < -0.3 is 5.32 Å². The molecular weight excluding hydrogens is 394 g/mol. The number of rotatable bonds is 4. The number of pyridine rings is 1. The number of aromatic amines is 2. The largest absolute Gasteiger partial charge is 0.319 e. The first-order valence-electron chi connectivity index (χ1n) is 9.42. The number of hydrogen-bond acceptors (Lipinski definition) is 6. The van der Waals surface area contributed by atoms with Gasteiger partial charge in [0.1, 0.15) is 5.69 Å². The first kappa shape index (κ1) is 18.4. The molecule has 0 aliphatic heterocycles. The number of carbonyl (C=O) groups excluding carboxylic acids is 1. The second kappa shape index (κ2) is 7.64. The summed E-state index contributed by atoms with van der Waals surface area (Å²) in [6.07, 6.45) is 1.64. The molecule has 0 atom stereocenters. The highest BCUT2D eigenvalue weighted by molar-refractivity contribution is 6.02. The molecule has 150 valence electrons. The molecule has 0 saturated heterocycles. The third-order valence-corrected chi connectivity index (χ3v) is 4.71. The van der Waals surface area contributed by atoms with Gasteiger partial charge in [0, 0.05) is 22.8 Å². The molecule has 9 nitrogen and oxygen atoms in total. The average Bonchev–Trinajstić information content (AvgIpc) is 3.32. The number of amides is 1. The lowest BCUT2D eigenvalue weighted by molar-refractivity contribution is 0.101. The zero-order valence-corrected chi connectivity index (χ0v) is 16.0.